The summed E-state index contributed by atoms with van der Waals surface area (Å²) in [6, 6.07) is 13.7. The van der Waals surface area contributed by atoms with Crippen LogP contribution in [0.15, 0.2) is 42.5 Å². The van der Waals surface area contributed by atoms with Crippen LogP contribution in [0.5, 0.6) is 17.2 Å². The maximum atomic E-state index is 13.1. The van der Waals surface area contributed by atoms with Crippen LogP contribution in [0.3, 0.4) is 0 Å². The third-order valence-electron chi connectivity index (χ3n) is 6.07. The second-order valence-corrected chi connectivity index (χ2v) is 7.90. The van der Waals surface area contributed by atoms with Gasteiger partial charge in [0.25, 0.3) is 5.91 Å². The first-order valence-corrected chi connectivity index (χ1v) is 10.5. The Morgan fingerprint density at radius 3 is 2.38 bits per heavy atom. The second-order valence-electron chi connectivity index (χ2n) is 7.90. The standard InChI is InChI=1S/C24H29NO4/c1-27-20-10-7-17(8-11-20)19-13-14-25(16-19)24(26)18-9-12-22(23(15-18)28-2)29-21-5-3-4-6-21/h7-12,15,19,21H,3-6,13-14,16H2,1-2H3. The van der Waals surface area contributed by atoms with Crippen molar-refractivity contribution in [1.82, 2.24) is 4.90 Å². The van der Waals surface area contributed by atoms with Crippen molar-refractivity contribution < 1.29 is 19.0 Å². The number of ether oxygens (including phenoxy) is 3. The fourth-order valence-corrected chi connectivity index (χ4v) is 4.36. The molecule has 2 fully saturated rings. The Bertz CT molecular complexity index is 842. The number of benzene rings is 2. The minimum absolute atomic E-state index is 0.0479. The molecule has 1 aliphatic heterocycles. The van der Waals surface area contributed by atoms with Crippen LogP contribution in [0.2, 0.25) is 0 Å². The first kappa shape index (κ1) is 19.6. The van der Waals surface area contributed by atoms with Crippen molar-refractivity contribution in [2.45, 2.75) is 44.1 Å². The molecule has 4 rings (SSSR count). The van der Waals surface area contributed by atoms with Crippen LogP contribution >= 0.6 is 0 Å². The molecule has 1 saturated carbocycles. The molecule has 1 aliphatic carbocycles. The predicted molar refractivity (Wildman–Crippen MR) is 112 cm³/mol. The maximum absolute atomic E-state index is 13.1. The first-order valence-electron chi connectivity index (χ1n) is 10.5. The van der Waals surface area contributed by atoms with Gasteiger partial charge in [0.2, 0.25) is 0 Å². The lowest BCUT2D eigenvalue weighted by Gasteiger charge is -2.19. The predicted octanol–water partition coefficient (Wildman–Crippen LogP) is 4.65. The Hall–Kier alpha value is -2.69. The maximum Gasteiger partial charge on any atom is 0.254 e. The number of carbonyl (C=O) groups is 1. The van der Waals surface area contributed by atoms with E-state index in [4.69, 9.17) is 14.2 Å². The molecule has 2 aromatic rings. The molecule has 1 heterocycles. The molecule has 1 unspecified atom stereocenters. The van der Waals surface area contributed by atoms with Gasteiger partial charge in [-0.15, -0.1) is 0 Å². The SMILES string of the molecule is COc1ccc(C2CCN(C(=O)c3ccc(OC4CCCC4)c(OC)c3)C2)cc1. The fraction of sp³-hybridized carbons (Fsp3) is 0.458. The minimum atomic E-state index is 0.0479. The van der Waals surface area contributed by atoms with E-state index in [1.54, 1.807) is 14.2 Å². The van der Waals surface area contributed by atoms with Gasteiger partial charge in [0.15, 0.2) is 11.5 Å². The highest BCUT2D eigenvalue weighted by molar-refractivity contribution is 5.95. The summed E-state index contributed by atoms with van der Waals surface area (Å²) in [7, 11) is 3.30. The van der Waals surface area contributed by atoms with Crippen molar-refractivity contribution in [2.75, 3.05) is 27.3 Å². The average molecular weight is 395 g/mol. The van der Waals surface area contributed by atoms with Crippen molar-refractivity contribution in [3.63, 3.8) is 0 Å². The highest BCUT2D eigenvalue weighted by atomic mass is 16.5. The molecule has 29 heavy (non-hydrogen) atoms. The molecule has 0 spiro atoms. The zero-order chi connectivity index (χ0) is 20.2. The van der Waals surface area contributed by atoms with Crippen LogP contribution in [-0.2, 0) is 0 Å². The summed E-state index contributed by atoms with van der Waals surface area (Å²) >= 11 is 0. The van der Waals surface area contributed by atoms with Gasteiger partial charge in [-0.1, -0.05) is 12.1 Å². The summed E-state index contributed by atoms with van der Waals surface area (Å²) in [5.74, 6) is 2.62. The van der Waals surface area contributed by atoms with E-state index in [0.717, 1.165) is 43.9 Å². The van der Waals surface area contributed by atoms with E-state index in [2.05, 4.69) is 12.1 Å². The van der Waals surface area contributed by atoms with Gasteiger partial charge in [0, 0.05) is 24.6 Å². The Kier molecular flexibility index (Phi) is 5.93. The van der Waals surface area contributed by atoms with Crippen molar-refractivity contribution in [1.29, 1.82) is 0 Å². The van der Waals surface area contributed by atoms with Crippen LogP contribution in [-0.4, -0.2) is 44.2 Å². The molecule has 5 heteroatoms. The van der Waals surface area contributed by atoms with Gasteiger partial charge in [0.05, 0.1) is 20.3 Å². The molecule has 0 N–H and O–H groups in total. The van der Waals surface area contributed by atoms with Gasteiger partial charge in [-0.3, -0.25) is 4.79 Å². The number of hydrogen-bond acceptors (Lipinski definition) is 4. The lowest BCUT2D eigenvalue weighted by molar-refractivity contribution is 0.0790. The lowest BCUT2D eigenvalue weighted by atomic mass is 9.98. The Morgan fingerprint density at radius 1 is 0.931 bits per heavy atom. The molecule has 5 nitrogen and oxygen atoms in total. The zero-order valence-electron chi connectivity index (χ0n) is 17.2. The van der Waals surface area contributed by atoms with Crippen molar-refractivity contribution in [3.05, 3.63) is 53.6 Å². The van der Waals surface area contributed by atoms with Gasteiger partial charge in [0.1, 0.15) is 5.75 Å². The Morgan fingerprint density at radius 2 is 1.69 bits per heavy atom. The van der Waals surface area contributed by atoms with Crippen LogP contribution in [0, 0.1) is 0 Å². The number of carbonyl (C=O) groups excluding carboxylic acids is 1. The molecule has 0 aromatic heterocycles. The topological polar surface area (TPSA) is 48.0 Å². The van der Waals surface area contributed by atoms with Gasteiger partial charge in [-0.25, -0.2) is 0 Å². The molecule has 154 valence electrons. The monoisotopic (exact) mass is 395 g/mol. The third-order valence-corrected chi connectivity index (χ3v) is 6.07. The van der Waals surface area contributed by atoms with Gasteiger partial charge in [-0.2, -0.15) is 0 Å². The number of amides is 1. The summed E-state index contributed by atoms with van der Waals surface area (Å²) in [6.07, 6.45) is 5.84. The average Bonchev–Trinajstić information content (AvgIpc) is 3.46. The molecule has 1 amide bonds. The third kappa shape index (κ3) is 4.34. The number of hydrogen-bond donors (Lipinski definition) is 0. The van der Waals surface area contributed by atoms with Crippen LogP contribution < -0.4 is 14.2 Å². The van der Waals surface area contributed by atoms with E-state index in [9.17, 15) is 4.79 Å². The molecule has 1 saturated heterocycles. The molecule has 0 radical (unpaired) electrons. The molecular formula is C24H29NO4. The zero-order valence-corrected chi connectivity index (χ0v) is 17.2. The van der Waals surface area contributed by atoms with E-state index in [1.165, 1.54) is 18.4 Å². The van der Waals surface area contributed by atoms with Crippen LogP contribution in [0.4, 0.5) is 0 Å². The summed E-state index contributed by atoms with van der Waals surface area (Å²) in [5.41, 5.74) is 1.90. The molecule has 2 aliphatic rings. The quantitative estimate of drug-likeness (QED) is 0.714. The van der Waals surface area contributed by atoms with Crippen LogP contribution in [0.25, 0.3) is 0 Å². The van der Waals surface area contributed by atoms with Crippen molar-refractivity contribution >= 4 is 5.91 Å². The smallest absolute Gasteiger partial charge is 0.254 e. The molecule has 1 atom stereocenters. The highest BCUT2D eigenvalue weighted by Gasteiger charge is 2.28. The number of likely N-dealkylation sites (tertiary alicyclic amines) is 1. The summed E-state index contributed by atoms with van der Waals surface area (Å²) < 4.78 is 16.8. The largest absolute Gasteiger partial charge is 0.497 e. The van der Waals surface area contributed by atoms with Gasteiger partial charge >= 0.3 is 0 Å². The summed E-state index contributed by atoms with van der Waals surface area (Å²) in [6.45, 7) is 1.49. The molecule has 2 aromatic carbocycles. The minimum Gasteiger partial charge on any atom is -0.497 e. The van der Waals surface area contributed by atoms with Crippen molar-refractivity contribution in [3.8, 4) is 17.2 Å². The normalized spacial score (nSPS) is 19.4. The van der Waals surface area contributed by atoms with E-state index < -0.39 is 0 Å². The number of methoxy groups -OCH3 is 2. The van der Waals surface area contributed by atoms with E-state index in [0.29, 0.717) is 17.2 Å². The van der Waals surface area contributed by atoms with E-state index in [1.807, 2.05) is 35.2 Å². The number of nitrogens with zero attached hydrogens (tertiary/aromatic N) is 1. The number of rotatable bonds is 6. The van der Waals surface area contributed by atoms with Gasteiger partial charge < -0.3 is 19.1 Å². The summed E-state index contributed by atoms with van der Waals surface area (Å²) in [4.78, 5) is 15.0. The molecule has 0 bridgehead atoms. The fourth-order valence-electron chi connectivity index (χ4n) is 4.36. The summed E-state index contributed by atoms with van der Waals surface area (Å²) in [5, 5.41) is 0. The molecular weight excluding hydrogens is 366 g/mol. The Balaban J connectivity index is 1.43. The Labute approximate surface area is 172 Å². The van der Waals surface area contributed by atoms with E-state index >= 15 is 0 Å². The lowest BCUT2D eigenvalue weighted by Crippen LogP contribution is -2.28. The first-order chi connectivity index (χ1) is 14.2. The van der Waals surface area contributed by atoms with Gasteiger partial charge in [-0.05, 0) is 68.0 Å². The highest BCUT2D eigenvalue weighted by Crippen LogP contribution is 2.34. The van der Waals surface area contributed by atoms with Crippen molar-refractivity contribution in [2.24, 2.45) is 0 Å². The van der Waals surface area contributed by atoms with E-state index in [-0.39, 0.29) is 12.0 Å². The second kappa shape index (κ2) is 8.76. The van der Waals surface area contributed by atoms with Crippen LogP contribution in [0.1, 0.15) is 53.9 Å².